The third-order valence-corrected chi connectivity index (χ3v) is 4.57. The minimum atomic E-state index is -0.205. The van der Waals surface area contributed by atoms with Crippen LogP contribution in [0.15, 0.2) is 48.5 Å². The molecule has 1 amide bonds. The van der Waals surface area contributed by atoms with Crippen molar-refractivity contribution in [1.82, 2.24) is 10.2 Å². The van der Waals surface area contributed by atoms with Crippen LogP contribution in [0.25, 0.3) is 0 Å². The number of thiocarbonyl (C=S) groups is 1. The first-order valence-corrected chi connectivity index (χ1v) is 9.49. The van der Waals surface area contributed by atoms with Crippen molar-refractivity contribution in [3.05, 3.63) is 65.2 Å². The number of hydrogen-bond donors (Lipinski definition) is 2. The second-order valence-corrected chi connectivity index (χ2v) is 6.53. The van der Waals surface area contributed by atoms with Gasteiger partial charge in [-0.3, -0.25) is 15.0 Å². The number of nitrogens with zero attached hydrogens (tertiary/aromatic N) is 1. The van der Waals surface area contributed by atoms with Gasteiger partial charge < -0.3 is 5.32 Å². The molecule has 0 saturated carbocycles. The van der Waals surface area contributed by atoms with Crippen LogP contribution in [0, 0.1) is 0 Å². The highest BCUT2D eigenvalue weighted by Gasteiger charge is 2.08. The van der Waals surface area contributed by atoms with Crippen LogP contribution in [0.3, 0.4) is 0 Å². The lowest BCUT2D eigenvalue weighted by Gasteiger charge is -2.18. The molecule has 2 rings (SSSR count). The first-order chi connectivity index (χ1) is 12.5. The van der Waals surface area contributed by atoms with Crippen LogP contribution in [0.2, 0.25) is 0 Å². The fourth-order valence-corrected chi connectivity index (χ4v) is 2.84. The first kappa shape index (κ1) is 20.1. The van der Waals surface area contributed by atoms with Crippen molar-refractivity contribution < 1.29 is 4.79 Å². The highest BCUT2D eigenvalue weighted by Crippen LogP contribution is 2.12. The smallest absolute Gasteiger partial charge is 0.257 e. The molecule has 138 valence electrons. The number of rotatable bonds is 7. The summed E-state index contributed by atoms with van der Waals surface area (Å²) in [5, 5.41) is 6.08. The Balaban J connectivity index is 1.89. The lowest BCUT2D eigenvalue weighted by molar-refractivity contribution is 0.0977. The predicted molar refractivity (Wildman–Crippen MR) is 113 cm³/mol. The Labute approximate surface area is 161 Å². The van der Waals surface area contributed by atoms with Crippen LogP contribution in [0.4, 0.5) is 5.69 Å². The minimum Gasteiger partial charge on any atom is -0.332 e. The largest absolute Gasteiger partial charge is 0.332 e. The number of benzene rings is 2. The Kier molecular flexibility index (Phi) is 7.75. The molecule has 2 aromatic carbocycles. The van der Waals surface area contributed by atoms with Crippen LogP contribution in [0.1, 0.15) is 42.3 Å². The van der Waals surface area contributed by atoms with E-state index in [1.165, 1.54) is 11.1 Å². The third kappa shape index (κ3) is 5.93. The summed E-state index contributed by atoms with van der Waals surface area (Å²) in [5.41, 5.74) is 3.91. The summed E-state index contributed by atoms with van der Waals surface area (Å²) in [6, 6.07) is 15.7. The van der Waals surface area contributed by atoms with E-state index >= 15 is 0 Å². The molecule has 0 atom stereocenters. The average Bonchev–Trinajstić information content (AvgIpc) is 2.67. The molecular weight excluding hydrogens is 342 g/mol. The number of carbonyl (C=O) groups excluding carboxylic acids is 1. The number of amides is 1. The molecular formula is C21H27N3OS. The van der Waals surface area contributed by atoms with E-state index in [0.29, 0.717) is 10.7 Å². The van der Waals surface area contributed by atoms with E-state index in [9.17, 15) is 4.79 Å². The van der Waals surface area contributed by atoms with Crippen LogP contribution in [0.5, 0.6) is 0 Å². The van der Waals surface area contributed by atoms with E-state index in [2.05, 4.69) is 48.4 Å². The molecule has 2 N–H and O–H groups in total. The van der Waals surface area contributed by atoms with Crippen molar-refractivity contribution >= 4 is 28.9 Å². The van der Waals surface area contributed by atoms with Gasteiger partial charge in [0.25, 0.3) is 5.91 Å². The molecule has 26 heavy (non-hydrogen) atoms. The van der Waals surface area contributed by atoms with Gasteiger partial charge in [0.1, 0.15) is 0 Å². The van der Waals surface area contributed by atoms with E-state index in [1.54, 1.807) is 0 Å². The zero-order valence-corrected chi connectivity index (χ0v) is 16.5. The highest BCUT2D eigenvalue weighted by molar-refractivity contribution is 7.80. The summed E-state index contributed by atoms with van der Waals surface area (Å²) in [6.45, 7) is 9.41. The van der Waals surface area contributed by atoms with Gasteiger partial charge in [-0.05, 0) is 67.1 Å². The maximum absolute atomic E-state index is 12.2. The molecule has 5 heteroatoms. The number of anilines is 1. The van der Waals surface area contributed by atoms with Crippen molar-refractivity contribution in [2.75, 3.05) is 18.4 Å². The standard InChI is InChI=1S/C21H27N3OS/c1-4-16-7-11-18(12-8-16)20(25)23-21(26)22-19-13-9-17(10-14-19)15-24(5-2)6-3/h7-14H,4-6,15H2,1-3H3,(H2,22,23,25,26). The van der Waals surface area contributed by atoms with E-state index in [1.807, 2.05) is 36.4 Å². The fraction of sp³-hybridized carbons (Fsp3) is 0.333. The van der Waals surface area contributed by atoms with Crippen LogP contribution in [-0.2, 0) is 13.0 Å². The summed E-state index contributed by atoms with van der Waals surface area (Å²) in [6.07, 6.45) is 0.951. The molecule has 0 radical (unpaired) electrons. The van der Waals surface area contributed by atoms with Crippen molar-refractivity contribution in [2.24, 2.45) is 0 Å². The molecule has 0 aliphatic rings. The summed E-state index contributed by atoms with van der Waals surface area (Å²) in [4.78, 5) is 14.6. The quantitative estimate of drug-likeness (QED) is 0.718. The molecule has 0 heterocycles. The highest BCUT2D eigenvalue weighted by atomic mass is 32.1. The molecule has 0 unspecified atom stereocenters. The van der Waals surface area contributed by atoms with Gasteiger partial charge in [0.05, 0.1) is 0 Å². The normalized spacial score (nSPS) is 10.6. The monoisotopic (exact) mass is 369 g/mol. The molecule has 2 aromatic rings. The number of aryl methyl sites for hydroxylation is 1. The van der Waals surface area contributed by atoms with Gasteiger partial charge in [-0.2, -0.15) is 0 Å². The fourth-order valence-electron chi connectivity index (χ4n) is 2.63. The number of carbonyl (C=O) groups is 1. The Bertz CT molecular complexity index is 722. The lowest BCUT2D eigenvalue weighted by atomic mass is 10.1. The maximum atomic E-state index is 12.2. The van der Waals surface area contributed by atoms with Gasteiger partial charge in [-0.25, -0.2) is 0 Å². The van der Waals surface area contributed by atoms with Crippen LogP contribution < -0.4 is 10.6 Å². The first-order valence-electron chi connectivity index (χ1n) is 9.08. The summed E-state index contributed by atoms with van der Waals surface area (Å²) in [5.74, 6) is -0.205. The Morgan fingerprint density at radius 3 is 2.04 bits per heavy atom. The summed E-state index contributed by atoms with van der Waals surface area (Å²) in [7, 11) is 0. The third-order valence-electron chi connectivity index (χ3n) is 4.36. The van der Waals surface area contributed by atoms with E-state index < -0.39 is 0 Å². The SMILES string of the molecule is CCc1ccc(C(=O)NC(=S)Nc2ccc(CN(CC)CC)cc2)cc1. The molecule has 0 saturated heterocycles. The molecule has 0 aliphatic carbocycles. The Morgan fingerprint density at radius 1 is 0.923 bits per heavy atom. The van der Waals surface area contributed by atoms with Crippen LogP contribution in [-0.4, -0.2) is 29.0 Å². The summed E-state index contributed by atoms with van der Waals surface area (Å²) >= 11 is 5.25. The van der Waals surface area contributed by atoms with Crippen molar-refractivity contribution in [3.8, 4) is 0 Å². The van der Waals surface area contributed by atoms with Crippen molar-refractivity contribution in [2.45, 2.75) is 33.7 Å². The van der Waals surface area contributed by atoms with E-state index in [-0.39, 0.29) is 5.91 Å². The van der Waals surface area contributed by atoms with Gasteiger partial charge in [-0.15, -0.1) is 0 Å². The molecule has 0 bridgehead atoms. The zero-order valence-electron chi connectivity index (χ0n) is 15.7. The van der Waals surface area contributed by atoms with E-state index in [4.69, 9.17) is 12.2 Å². The van der Waals surface area contributed by atoms with Crippen molar-refractivity contribution in [3.63, 3.8) is 0 Å². The molecule has 0 spiro atoms. The summed E-state index contributed by atoms with van der Waals surface area (Å²) < 4.78 is 0. The van der Waals surface area contributed by atoms with Gasteiger partial charge in [0, 0.05) is 17.8 Å². The van der Waals surface area contributed by atoms with Crippen LogP contribution >= 0.6 is 12.2 Å². The molecule has 0 aliphatic heterocycles. The topological polar surface area (TPSA) is 44.4 Å². The second kappa shape index (κ2) is 10.0. The van der Waals surface area contributed by atoms with Crippen molar-refractivity contribution in [1.29, 1.82) is 0 Å². The molecule has 0 aromatic heterocycles. The second-order valence-electron chi connectivity index (χ2n) is 6.12. The van der Waals surface area contributed by atoms with Gasteiger partial charge >= 0.3 is 0 Å². The molecule has 4 nitrogen and oxygen atoms in total. The Morgan fingerprint density at radius 2 is 1.50 bits per heavy atom. The maximum Gasteiger partial charge on any atom is 0.257 e. The zero-order chi connectivity index (χ0) is 18.9. The number of nitrogens with one attached hydrogen (secondary N) is 2. The minimum absolute atomic E-state index is 0.205. The van der Waals surface area contributed by atoms with E-state index in [0.717, 1.165) is 31.7 Å². The average molecular weight is 370 g/mol. The molecule has 0 fully saturated rings. The Hall–Kier alpha value is -2.24. The number of hydrogen-bond acceptors (Lipinski definition) is 3. The lowest BCUT2D eigenvalue weighted by Crippen LogP contribution is -2.34. The predicted octanol–water partition coefficient (Wildman–Crippen LogP) is 4.22. The van der Waals surface area contributed by atoms with Gasteiger partial charge in [0.15, 0.2) is 5.11 Å². The van der Waals surface area contributed by atoms with Gasteiger partial charge in [0.2, 0.25) is 0 Å². The van der Waals surface area contributed by atoms with Gasteiger partial charge in [-0.1, -0.05) is 45.0 Å².